The van der Waals surface area contributed by atoms with Gasteiger partial charge in [0, 0.05) is 25.9 Å². The number of allylic oxidation sites excluding steroid dienone is 2. The standard InChI is InChI=1S/C23H28O6/c1-7-8-16-12-23(28-6)13(2)19(20(21(16)25)22(23)29-14(3)24)15-9-10-17(26-4)18(11-15)27-5/h7,9-13,19-20,22H,1,8H2,2-6H3/t13-,19+,20-,22-,23+/m0/s1. The number of carbonyl (C=O) groups is 2. The van der Waals surface area contributed by atoms with E-state index in [1.807, 2.05) is 31.2 Å². The lowest BCUT2D eigenvalue weighted by Crippen LogP contribution is -2.50. The topological polar surface area (TPSA) is 71.1 Å². The van der Waals surface area contributed by atoms with Crippen molar-refractivity contribution < 1.29 is 28.5 Å². The van der Waals surface area contributed by atoms with Gasteiger partial charge in [0.05, 0.1) is 20.1 Å². The lowest BCUT2D eigenvalue weighted by atomic mass is 9.78. The molecular weight excluding hydrogens is 372 g/mol. The van der Waals surface area contributed by atoms with Crippen molar-refractivity contribution in [2.24, 2.45) is 11.8 Å². The fourth-order valence-electron chi connectivity index (χ4n) is 4.97. The molecule has 1 saturated carbocycles. The van der Waals surface area contributed by atoms with Crippen LogP contribution >= 0.6 is 0 Å². The highest BCUT2D eigenvalue weighted by Crippen LogP contribution is 2.58. The Kier molecular flexibility index (Phi) is 5.85. The Hall–Kier alpha value is -2.60. The van der Waals surface area contributed by atoms with Gasteiger partial charge in [-0.25, -0.2) is 0 Å². The third kappa shape index (κ3) is 3.25. The zero-order chi connectivity index (χ0) is 21.3. The average Bonchev–Trinajstić information content (AvgIpc) is 2.88. The van der Waals surface area contributed by atoms with Gasteiger partial charge in [-0.3, -0.25) is 9.59 Å². The molecule has 3 rings (SSSR count). The van der Waals surface area contributed by atoms with E-state index in [2.05, 4.69) is 6.58 Å². The number of Topliss-reactive ketones (excluding diaryl/α,β-unsaturated/α-hetero) is 1. The molecule has 29 heavy (non-hydrogen) atoms. The summed E-state index contributed by atoms with van der Waals surface area (Å²) in [5.41, 5.74) is 0.670. The molecule has 0 aliphatic heterocycles. The van der Waals surface area contributed by atoms with Gasteiger partial charge in [-0.05, 0) is 35.8 Å². The molecule has 1 aromatic rings. The summed E-state index contributed by atoms with van der Waals surface area (Å²) in [6, 6.07) is 5.64. The van der Waals surface area contributed by atoms with E-state index in [0.29, 0.717) is 23.5 Å². The van der Waals surface area contributed by atoms with Crippen molar-refractivity contribution >= 4 is 11.8 Å². The molecule has 6 nitrogen and oxygen atoms in total. The van der Waals surface area contributed by atoms with Crippen molar-refractivity contribution in [3.8, 4) is 11.5 Å². The van der Waals surface area contributed by atoms with Crippen LogP contribution in [0.4, 0.5) is 0 Å². The minimum atomic E-state index is -0.888. The average molecular weight is 400 g/mol. The van der Waals surface area contributed by atoms with Gasteiger partial charge in [0.1, 0.15) is 11.7 Å². The van der Waals surface area contributed by atoms with Crippen molar-refractivity contribution in [1.29, 1.82) is 0 Å². The molecule has 6 heteroatoms. The number of hydrogen-bond donors (Lipinski definition) is 0. The number of ketones is 1. The Balaban J connectivity index is 2.17. The van der Waals surface area contributed by atoms with Gasteiger partial charge in [0.15, 0.2) is 17.3 Å². The molecule has 156 valence electrons. The molecule has 0 amide bonds. The van der Waals surface area contributed by atoms with E-state index in [1.54, 1.807) is 27.4 Å². The summed E-state index contributed by atoms with van der Waals surface area (Å²) in [6.45, 7) is 7.15. The second-order valence-corrected chi connectivity index (χ2v) is 7.57. The Morgan fingerprint density at radius 3 is 2.41 bits per heavy atom. The van der Waals surface area contributed by atoms with Gasteiger partial charge in [0.2, 0.25) is 0 Å². The molecule has 0 spiro atoms. The largest absolute Gasteiger partial charge is 0.493 e. The smallest absolute Gasteiger partial charge is 0.303 e. The van der Waals surface area contributed by atoms with E-state index in [1.165, 1.54) is 6.92 Å². The van der Waals surface area contributed by atoms with Crippen molar-refractivity contribution in [1.82, 2.24) is 0 Å². The Morgan fingerprint density at radius 2 is 1.86 bits per heavy atom. The first-order valence-electron chi connectivity index (χ1n) is 9.65. The van der Waals surface area contributed by atoms with Crippen LogP contribution in [-0.2, 0) is 19.1 Å². The molecule has 0 unspecified atom stereocenters. The fourth-order valence-corrected chi connectivity index (χ4v) is 4.97. The maximum atomic E-state index is 13.4. The van der Waals surface area contributed by atoms with Crippen LogP contribution in [0.1, 0.15) is 31.7 Å². The highest BCUT2D eigenvalue weighted by Gasteiger charge is 2.65. The maximum absolute atomic E-state index is 13.4. The maximum Gasteiger partial charge on any atom is 0.303 e. The van der Waals surface area contributed by atoms with Gasteiger partial charge in [-0.1, -0.05) is 19.1 Å². The fraction of sp³-hybridized carbons (Fsp3) is 0.478. The third-order valence-electron chi connectivity index (χ3n) is 6.23. The van der Waals surface area contributed by atoms with E-state index in [0.717, 1.165) is 5.56 Å². The lowest BCUT2D eigenvalue weighted by molar-refractivity contribution is -0.166. The van der Waals surface area contributed by atoms with Gasteiger partial charge in [-0.15, -0.1) is 6.58 Å². The number of benzene rings is 1. The minimum Gasteiger partial charge on any atom is -0.493 e. The van der Waals surface area contributed by atoms with Crippen molar-refractivity contribution in [3.63, 3.8) is 0 Å². The van der Waals surface area contributed by atoms with E-state index in [9.17, 15) is 9.59 Å². The van der Waals surface area contributed by atoms with Crippen LogP contribution in [0.25, 0.3) is 0 Å². The van der Waals surface area contributed by atoms with Crippen LogP contribution in [0.2, 0.25) is 0 Å². The molecular formula is C23H28O6. The van der Waals surface area contributed by atoms with Crippen LogP contribution in [-0.4, -0.2) is 44.8 Å². The first kappa shape index (κ1) is 21.1. The quantitative estimate of drug-likeness (QED) is 0.516. The number of hydrogen-bond acceptors (Lipinski definition) is 6. The van der Waals surface area contributed by atoms with Gasteiger partial charge >= 0.3 is 5.97 Å². The van der Waals surface area contributed by atoms with Crippen LogP contribution in [0.3, 0.4) is 0 Å². The SMILES string of the molecule is C=CCC1=C[C@@]2(OC)[C@@H](C)[C@H](c3ccc(OC)c(OC)c3)[C@@H](C1=O)[C@@H]2OC(C)=O. The summed E-state index contributed by atoms with van der Waals surface area (Å²) in [5.74, 6) is -0.160. The summed E-state index contributed by atoms with van der Waals surface area (Å²) >= 11 is 0. The molecule has 5 atom stereocenters. The summed E-state index contributed by atoms with van der Waals surface area (Å²) in [5, 5.41) is 0. The Morgan fingerprint density at radius 1 is 1.17 bits per heavy atom. The minimum absolute atomic E-state index is 0.0343. The lowest BCUT2D eigenvalue weighted by Gasteiger charge is -2.38. The molecule has 0 saturated heterocycles. The number of esters is 1. The molecule has 2 bridgehead atoms. The molecule has 0 radical (unpaired) electrons. The highest BCUT2D eigenvalue weighted by atomic mass is 16.6. The predicted octanol–water partition coefficient (Wildman–Crippen LogP) is 3.46. The van der Waals surface area contributed by atoms with Crippen molar-refractivity contribution in [3.05, 3.63) is 48.1 Å². The number of ether oxygens (including phenoxy) is 4. The van der Waals surface area contributed by atoms with Crippen LogP contribution in [0, 0.1) is 11.8 Å². The van der Waals surface area contributed by atoms with Gasteiger partial charge < -0.3 is 18.9 Å². The zero-order valence-corrected chi connectivity index (χ0v) is 17.6. The second-order valence-electron chi connectivity index (χ2n) is 7.57. The number of carbonyl (C=O) groups excluding carboxylic acids is 2. The predicted molar refractivity (Wildman–Crippen MR) is 108 cm³/mol. The number of rotatable bonds is 7. The summed E-state index contributed by atoms with van der Waals surface area (Å²) in [7, 11) is 4.75. The van der Waals surface area contributed by atoms with Crippen molar-refractivity contribution in [2.45, 2.75) is 37.9 Å². The first-order chi connectivity index (χ1) is 13.8. The molecule has 1 aromatic carbocycles. The molecule has 1 fully saturated rings. The number of methoxy groups -OCH3 is 3. The first-order valence-corrected chi connectivity index (χ1v) is 9.65. The van der Waals surface area contributed by atoms with E-state index < -0.39 is 23.6 Å². The molecule has 0 aromatic heterocycles. The third-order valence-corrected chi connectivity index (χ3v) is 6.23. The Labute approximate surface area is 171 Å². The van der Waals surface area contributed by atoms with E-state index >= 15 is 0 Å². The van der Waals surface area contributed by atoms with E-state index in [-0.39, 0.29) is 17.6 Å². The van der Waals surface area contributed by atoms with Crippen LogP contribution < -0.4 is 9.47 Å². The molecule has 2 aliphatic carbocycles. The monoisotopic (exact) mass is 400 g/mol. The van der Waals surface area contributed by atoms with E-state index in [4.69, 9.17) is 18.9 Å². The summed E-state index contributed by atoms with van der Waals surface area (Å²) in [6.07, 6.45) is 3.29. The Bertz CT molecular complexity index is 857. The molecule has 2 aliphatic rings. The summed E-state index contributed by atoms with van der Waals surface area (Å²) in [4.78, 5) is 25.3. The number of fused-ring (bicyclic) bond motifs is 2. The molecule has 0 heterocycles. The van der Waals surface area contributed by atoms with Crippen LogP contribution in [0.15, 0.2) is 42.5 Å². The normalized spacial score (nSPS) is 30.5. The highest BCUT2D eigenvalue weighted by molar-refractivity contribution is 6.01. The van der Waals surface area contributed by atoms with Crippen molar-refractivity contribution in [2.75, 3.05) is 21.3 Å². The van der Waals surface area contributed by atoms with Gasteiger partial charge in [0.25, 0.3) is 0 Å². The zero-order valence-electron chi connectivity index (χ0n) is 17.6. The summed E-state index contributed by atoms with van der Waals surface area (Å²) < 4.78 is 22.5. The van der Waals surface area contributed by atoms with Crippen LogP contribution in [0.5, 0.6) is 11.5 Å². The van der Waals surface area contributed by atoms with Gasteiger partial charge in [-0.2, -0.15) is 0 Å². The molecule has 0 N–H and O–H groups in total. The second kappa shape index (κ2) is 8.03.